The van der Waals surface area contributed by atoms with E-state index < -0.39 is 22.0 Å². The van der Waals surface area contributed by atoms with Crippen LogP contribution in [0, 0.1) is 6.92 Å². The van der Waals surface area contributed by atoms with Crippen LogP contribution in [0.3, 0.4) is 0 Å². The molecule has 104 valence electrons. The molecule has 1 atom stereocenters. The quantitative estimate of drug-likeness (QED) is 0.528. The number of anilines is 1. The van der Waals surface area contributed by atoms with Gasteiger partial charge in [-0.05, 0) is 30.5 Å². The Hall–Kier alpha value is -0.110. The second-order valence-electron chi connectivity index (χ2n) is 4.24. The molecule has 0 spiro atoms. The van der Waals surface area contributed by atoms with Crippen LogP contribution in [0.2, 0.25) is 0 Å². The summed E-state index contributed by atoms with van der Waals surface area (Å²) in [6.45, 7) is 4.11. The number of aliphatic hydroxyl groups excluding tert-OH is 1. The molecule has 0 aliphatic heterocycles. The van der Waals surface area contributed by atoms with E-state index in [1.165, 1.54) is 0 Å². The molecule has 1 rings (SSSR count). The first-order chi connectivity index (χ1) is 8.33. The fourth-order valence-corrected chi connectivity index (χ4v) is 2.47. The Morgan fingerprint density at radius 2 is 2.00 bits per heavy atom. The van der Waals surface area contributed by atoms with Crippen LogP contribution in [0.25, 0.3) is 0 Å². The monoisotopic (exact) mass is 297 g/mol. The Balaban J connectivity index is 0.00000324. The second kappa shape index (κ2) is 8.24. The van der Waals surface area contributed by atoms with E-state index in [4.69, 9.17) is 4.55 Å². The third-order valence-electron chi connectivity index (χ3n) is 2.69. The van der Waals surface area contributed by atoms with Crippen molar-refractivity contribution in [3.63, 3.8) is 0 Å². The van der Waals surface area contributed by atoms with Crippen LogP contribution in [-0.4, -0.2) is 66.0 Å². The Bertz CT molecular complexity index is 504. The van der Waals surface area contributed by atoms with Crippen LogP contribution < -0.4 is 5.32 Å². The zero-order valence-corrected chi connectivity index (χ0v) is 11.4. The van der Waals surface area contributed by atoms with Crippen molar-refractivity contribution in [1.29, 1.82) is 0 Å². The van der Waals surface area contributed by atoms with Crippen molar-refractivity contribution in [2.24, 2.45) is 0 Å². The molecule has 0 saturated heterocycles. The molecule has 7 heteroatoms. The van der Waals surface area contributed by atoms with E-state index in [0.717, 1.165) is 23.2 Å². The average Bonchev–Trinajstić information content (AvgIpc) is 2.24. The molecular formula is C12H20NNaO4S. The van der Waals surface area contributed by atoms with Crippen molar-refractivity contribution < 1.29 is 18.1 Å². The normalized spacial score (nSPS) is 12.6. The van der Waals surface area contributed by atoms with Crippen LogP contribution in [0.4, 0.5) is 5.69 Å². The van der Waals surface area contributed by atoms with Gasteiger partial charge in [0.25, 0.3) is 10.1 Å². The summed E-state index contributed by atoms with van der Waals surface area (Å²) in [6, 6.07) is 5.77. The number of rotatable bonds is 6. The third kappa shape index (κ3) is 6.74. The summed E-state index contributed by atoms with van der Waals surface area (Å²) < 4.78 is 29.8. The summed E-state index contributed by atoms with van der Waals surface area (Å²) in [5, 5.41) is 12.5. The minimum atomic E-state index is -4.14. The maximum absolute atomic E-state index is 10.6. The first-order valence-corrected chi connectivity index (χ1v) is 7.40. The van der Waals surface area contributed by atoms with Crippen LogP contribution in [0.15, 0.2) is 18.2 Å². The van der Waals surface area contributed by atoms with Crippen molar-refractivity contribution in [2.75, 3.05) is 17.6 Å². The molecule has 0 radical (unpaired) electrons. The van der Waals surface area contributed by atoms with Gasteiger partial charge in [-0.15, -0.1) is 0 Å². The van der Waals surface area contributed by atoms with Crippen molar-refractivity contribution >= 4 is 45.4 Å². The van der Waals surface area contributed by atoms with Gasteiger partial charge in [0, 0.05) is 12.2 Å². The van der Waals surface area contributed by atoms with Gasteiger partial charge < -0.3 is 10.4 Å². The van der Waals surface area contributed by atoms with E-state index in [1.807, 2.05) is 32.0 Å². The Kier molecular flexibility index (Phi) is 8.19. The number of hydrogen-bond acceptors (Lipinski definition) is 4. The van der Waals surface area contributed by atoms with Gasteiger partial charge >= 0.3 is 29.6 Å². The zero-order valence-electron chi connectivity index (χ0n) is 10.5. The van der Waals surface area contributed by atoms with Gasteiger partial charge in [0.15, 0.2) is 0 Å². The molecule has 0 bridgehead atoms. The minimum absolute atomic E-state index is 0. The molecule has 0 saturated carbocycles. The summed E-state index contributed by atoms with van der Waals surface area (Å²) >= 11 is 0. The number of nitrogens with one attached hydrogen (secondary N) is 1. The third-order valence-corrected chi connectivity index (χ3v) is 3.50. The molecule has 0 amide bonds. The summed E-state index contributed by atoms with van der Waals surface area (Å²) in [6.07, 6.45) is -0.283. The predicted octanol–water partition coefficient (Wildman–Crippen LogP) is 0.570. The first-order valence-electron chi connectivity index (χ1n) is 5.79. The Morgan fingerprint density at radius 3 is 2.53 bits per heavy atom. The van der Waals surface area contributed by atoms with Crippen molar-refractivity contribution in [1.82, 2.24) is 0 Å². The van der Waals surface area contributed by atoms with Crippen molar-refractivity contribution in [3.8, 4) is 0 Å². The van der Waals surface area contributed by atoms with E-state index in [9.17, 15) is 13.5 Å². The second-order valence-corrected chi connectivity index (χ2v) is 5.74. The molecule has 1 unspecified atom stereocenters. The van der Waals surface area contributed by atoms with Gasteiger partial charge in [0.1, 0.15) is 5.75 Å². The topological polar surface area (TPSA) is 86.6 Å². The molecule has 0 fully saturated rings. The molecule has 0 aliphatic rings. The van der Waals surface area contributed by atoms with Gasteiger partial charge in [0.05, 0.1) is 6.10 Å². The van der Waals surface area contributed by atoms with Crippen molar-refractivity contribution in [2.45, 2.75) is 26.4 Å². The molecule has 1 aromatic rings. The SMILES string of the molecule is CCc1c(C)cccc1NCC(O)CS(=O)(=O)O.[NaH]. The van der Waals surface area contributed by atoms with Gasteiger partial charge in [-0.2, -0.15) is 8.42 Å². The summed E-state index contributed by atoms with van der Waals surface area (Å²) in [4.78, 5) is 0. The van der Waals surface area contributed by atoms with E-state index >= 15 is 0 Å². The molecule has 0 aromatic heterocycles. The average molecular weight is 297 g/mol. The summed E-state index contributed by atoms with van der Waals surface area (Å²) in [5.41, 5.74) is 3.16. The van der Waals surface area contributed by atoms with E-state index in [2.05, 4.69) is 5.32 Å². The molecule has 0 heterocycles. The fourth-order valence-electron chi connectivity index (χ4n) is 1.87. The Morgan fingerprint density at radius 1 is 1.37 bits per heavy atom. The van der Waals surface area contributed by atoms with E-state index in [0.29, 0.717) is 0 Å². The standard InChI is InChI=1S/C12H19NO4S.Na.H/c1-3-11-9(2)5-4-6-12(11)13-7-10(14)8-18(15,16)17;;/h4-6,10,13-14H,3,7-8H2,1-2H3,(H,15,16,17);;. The van der Waals surface area contributed by atoms with Gasteiger partial charge in [-0.3, -0.25) is 4.55 Å². The molecule has 3 N–H and O–H groups in total. The van der Waals surface area contributed by atoms with E-state index in [1.54, 1.807) is 0 Å². The fraction of sp³-hybridized carbons (Fsp3) is 0.500. The molecular weight excluding hydrogens is 277 g/mol. The van der Waals surface area contributed by atoms with Crippen LogP contribution in [0.5, 0.6) is 0 Å². The predicted molar refractivity (Wildman–Crippen MR) is 78.6 cm³/mol. The summed E-state index contributed by atoms with van der Waals surface area (Å²) in [5.74, 6) is -0.659. The van der Waals surface area contributed by atoms with Crippen molar-refractivity contribution in [3.05, 3.63) is 29.3 Å². The van der Waals surface area contributed by atoms with Gasteiger partial charge in [-0.1, -0.05) is 19.1 Å². The number of aryl methyl sites for hydroxylation is 1. The van der Waals surface area contributed by atoms with Crippen LogP contribution in [-0.2, 0) is 16.5 Å². The number of benzene rings is 1. The summed E-state index contributed by atoms with van der Waals surface area (Å²) in [7, 11) is -4.14. The Labute approximate surface area is 136 Å². The van der Waals surface area contributed by atoms with Crippen LogP contribution >= 0.6 is 0 Å². The zero-order chi connectivity index (χ0) is 13.8. The molecule has 19 heavy (non-hydrogen) atoms. The molecule has 5 nitrogen and oxygen atoms in total. The first kappa shape index (κ1) is 18.9. The maximum atomic E-state index is 10.6. The van der Waals surface area contributed by atoms with Gasteiger partial charge in [0.2, 0.25) is 0 Å². The van der Waals surface area contributed by atoms with Crippen LogP contribution in [0.1, 0.15) is 18.1 Å². The number of hydrogen-bond donors (Lipinski definition) is 3. The van der Waals surface area contributed by atoms with Gasteiger partial charge in [-0.25, -0.2) is 0 Å². The van der Waals surface area contributed by atoms with E-state index in [-0.39, 0.29) is 36.1 Å². The number of aliphatic hydroxyl groups is 1. The molecule has 1 aromatic carbocycles. The molecule has 0 aliphatic carbocycles.